The number of benzene rings is 1. The highest BCUT2D eigenvalue weighted by atomic mass is 19.3. The van der Waals surface area contributed by atoms with Gasteiger partial charge < -0.3 is 14.5 Å². The molecule has 0 fully saturated rings. The van der Waals surface area contributed by atoms with Gasteiger partial charge in [0.15, 0.2) is 11.5 Å². The number of H-pyrrole nitrogens is 2. The van der Waals surface area contributed by atoms with Crippen LogP contribution in [0.2, 0.25) is 0 Å². The number of fused-ring (bicyclic) bond motifs is 2. The van der Waals surface area contributed by atoms with Crippen molar-refractivity contribution < 1.29 is 23.0 Å². The number of nitrogens with one attached hydrogen (secondary N) is 3. The number of anilines is 1. The molecule has 1 aromatic carbocycles. The average molecular weight is 385 g/mol. The van der Waals surface area contributed by atoms with Crippen LogP contribution >= 0.6 is 0 Å². The van der Waals surface area contributed by atoms with Gasteiger partial charge in [0.05, 0.1) is 11.0 Å². The third-order valence-electron chi connectivity index (χ3n) is 4.53. The smallest absolute Gasteiger partial charge is 0.395 e. The lowest BCUT2D eigenvalue weighted by Crippen LogP contribution is -2.25. The van der Waals surface area contributed by atoms with Gasteiger partial charge in [0.25, 0.3) is 5.91 Å². The Bertz CT molecular complexity index is 1090. The van der Waals surface area contributed by atoms with Gasteiger partial charge in [-0.05, 0) is 12.5 Å². The van der Waals surface area contributed by atoms with Crippen molar-refractivity contribution in [3.05, 3.63) is 53.9 Å². The Morgan fingerprint density at radius 2 is 2.11 bits per heavy atom. The summed E-state index contributed by atoms with van der Waals surface area (Å²) in [4.78, 5) is 19.7. The highest BCUT2D eigenvalue weighted by molar-refractivity contribution is 6.04. The third kappa shape index (κ3) is 2.88. The Morgan fingerprint density at radius 3 is 2.89 bits per heavy atom. The van der Waals surface area contributed by atoms with Gasteiger partial charge in [0.1, 0.15) is 0 Å². The molecule has 1 unspecified atom stereocenters. The van der Waals surface area contributed by atoms with E-state index in [-0.39, 0.29) is 29.3 Å². The number of carbonyl (C=O) groups is 1. The minimum absolute atomic E-state index is 0.0304. The second-order valence-corrected chi connectivity index (χ2v) is 6.42. The molecule has 1 atom stereocenters. The summed E-state index contributed by atoms with van der Waals surface area (Å²) in [5.41, 5.74) is 2.30. The molecule has 0 spiro atoms. The lowest BCUT2D eigenvalue weighted by atomic mass is 9.91. The van der Waals surface area contributed by atoms with Crippen LogP contribution in [0.1, 0.15) is 18.0 Å². The van der Waals surface area contributed by atoms with Crippen LogP contribution in [0.4, 0.5) is 14.7 Å². The van der Waals surface area contributed by atoms with E-state index in [9.17, 15) is 13.6 Å². The van der Waals surface area contributed by atoms with Crippen molar-refractivity contribution in [3.63, 3.8) is 0 Å². The maximum Gasteiger partial charge on any atom is 0.586 e. The van der Waals surface area contributed by atoms with Crippen molar-refractivity contribution in [1.29, 1.82) is 0 Å². The molecular formula is C18H13F2N5O3. The molecule has 3 N–H and O–H groups in total. The van der Waals surface area contributed by atoms with E-state index in [2.05, 4.69) is 35.0 Å². The quantitative estimate of drug-likeness (QED) is 0.642. The van der Waals surface area contributed by atoms with Crippen LogP contribution in [-0.4, -0.2) is 32.4 Å². The lowest BCUT2D eigenvalue weighted by Gasteiger charge is -2.16. The maximum atomic E-state index is 13.1. The fraction of sp³-hybridized carbons (Fsp3) is 0.167. The van der Waals surface area contributed by atoms with Crippen LogP contribution in [0.25, 0.3) is 11.0 Å². The molecule has 0 saturated carbocycles. The van der Waals surface area contributed by atoms with Crippen molar-refractivity contribution in [3.8, 4) is 11.5 Å². The van der Waals surface area contributed by atoms with Gasteiger partial charge in [-0.25, -0.2) is 4.98 Å². The number of aromatic nitrogens is 4. The number of halogens is 2. The first-order chi connectivity index (χ1) is 13.5. The van der Waals surface area contributed by atoms with Crippen molar-refractivity contribution in [2.45, 2.75) is 18.6 Å². The van der Waals surface area contributed by atoms with E-state index in [0.29, 0.717) is 23.0 Å². The number of hydrogen-bond acceptors (Lipinski definition) is 5. The Hall–Kier alpha value is -3.69. The zero-order valence-electron chi connectivity index (χ0n) is 14.2. The Balaban J connectivity index is 1.34. The van der Waals surface area contributed by atoms with Crippen LogP contribution in [0.15, 0.2) is 48.2 Å². The van der Waals surface area contributed by atoms with Gasteiger partial charge in [-0.15, -0.1) is 8.78 Å². The first-order valence-corrected chi connectivity index (χ1v) is 8.44. The number of imidazole rings is 1. The number of nitrogens with zero attached hydrogens (tertiary/aromatic N) is 2. The molecule has 3 heterocycles. The van der Waals surface area contributed by atoms with Gasteiger partial charge in [-0.1, -0.05) is 18.2 Å². The van der Waals surface area contributed by atoms with E-state index >= 15 is 0 Å². The second kappa shape index (κ2) is 5.91. The van der Waals surface area contributed by atoms with Crippen LogP contribution < -0.4 is 14.8 Å². The number of alkyl halides is 2. The molecule has 3 aromatic rings. The van der Waals surface area contributed by atoms with Gasteiger partial charge in [0, 0.05) is 35.5 Å². The van der Waals surface area contributed by atoms with Gasteiger partial charge in [-0.2, -0.15) is 5.10 Å². The largest absolute Gasteiger partial charge is 0.586 e. The predicted octanol–water partition coefficient (Wildman–Crippen LogP) is 3.22. The summed E-state index contributed by atoms with van der Waals surface area (Å²) in [6.07, 6.45) is 4.03. The van der Waals surface area contributed by atoms with E-state index < -0.39 is 6.29 Å². The van der Waals surface area contributed by atoms with E-state index in [0.717, 1.165) is 5.69 Å². The molecule has 1 amide bonds. The third-order valence-corrected chi connectivity index (χ3v) is 4.53. The van der Waals surface area contributed by atoms with Crippen LogP contribution in [0.5, 0.6) is 11.5 Å². The Morgan fingerprint density at radius 1 is 1.29 bits per heavy atom. The standard InChI is InChI=1S/C18H13F2N5O3/c19-18(20)27-14-7-12-13(8-15(14)28-18)23-17(22-12)24-16(26)10-3-1-2-9(6-10)11-4-5-21-25-11/h1-5,7-9H,6H2,(H,21,25)(H2,22,23,24,26). The molecule has 0 saturated heterocycles. The average Bonchev–Trinajstić information content (AvgIpc) is 3.36. The fourth-order valence-electron chi connectivity index (χ4n) is 3.24. The Labute approximate surface area is 156 Å². The molecule has 1 aliphatic heterocycles. The highest BCUT2D eigenvalue weighted by Crippen LogP contribution is 2.43. The minimum atomic E-state index is -3.69. The number of carbonyl (C=O) groups excluding carboxylic acids is 1. The van der Waals surface area contributed by atoms with E-state index in [1.165, 1.54) is 12.1 Å². The summed E-state index contributed by atoms with van der Waals surface area (Å²) < 4.78 is 35.1. The second-order valence-electron chi connectivity index (χ2n) is 6.42. The molecule has 10 heteroatoms. The molecule has 0 radical (unpaired) electrons. The van der Waals surface area contributed by atoms with E-state index in [1.54, 1.807) is 12.3 Å². The first-order valence-electron chi connectivity index (χ1n) is 8.44. The van der Waals surface area contributed by atoms with Crippen LogP contribution in [0, 0.1) is 0 Å². The lowest BCUT2D eigenvalue weighted by molar-refractivity contribution is -0.286. The SMILES string of the molecule is O=C(Nc1nc2cc3c(cc2[nH]1)OC(F)(F)O3)C1=CC=CC(c2ccn[nH]2)C1. The summed E-state index contributed by atoms with van der Waals surface area (Å²) in [5.74, 6) is -0.280. The Kier molecular flexibility index (Phi) is 3.48. The number of hydrogen-bond donors (Lipinski definition) is 3. The molecule has 0 bridgehead atoms. The molecule has 5 rings (SSSR count). The summed E-state index contributed by atoms with van der Waals surface area (Å²) in [6.45, 7) is 0. The summed E-state index contributed by atoms with van der Waals surface area (Å²) >= 11 is 0. The summed E-state index contributed by atoms with van der Waals surface area (Å²) in [6, 6.07) is 4.54. The number of aromatic amines is 2. The monoisotopic (exact) mass is 385 g/mol. The number of amides is 1. The molecule has 1 aliphatic carbocycles. The van der Waals surface area contributed by atoms with Crippen molar-refractivity contribution in [2.75, 3.05) is 5.32 Å². The zero-order valence-corrected chi connectivity index (χ0v) is 14.2. The van der Waals surface area contributed by atoms with Crippen LogP contribution in [-0.2, 0) is 4.79 Å². The normalized spacial score (nSPS) is 19.6. The number of ether oxygens (including phenoxy) is 2. The molecule has 8 nitrogen and oxygen atoms in total. The van der Waals surface area contributed by atoms with E-state index in [4.69, 9.17) is 0 Å². The van der Waals surface area contributed by atoms with Crippen molar-refractivity contribution in [2.24, 2.45) is 0 Å². The summed E-state index contributed by atoms with van der Waals surface area (Å²) in [7, 11) is 0. The van der Waals surface area contributed by atoms with Crippen molar-refractivity contribution in [1.82, 2.24) is 20.2 Å². The van der Waals surface area contributed by atoms with E-state index in [1.807, 2.05) is 18.2 Å². The molecule has 28 heavy (non-hydrogen) atoms. The van der Waals surface area contributed by atoms with Crippen LogP contribution in [0.3, 0.4) is 0 Å². The molecule has 2 aromatic heterocycles. The first kappa shape index (κ1) is 16.5. The van der Waals surface area contributed by atoms with Gasteiger partial charge >= 0.3 is 6.29 Å². The predicted molar refractivity (Wildman–Crippen MR) is 94.1 cm³/mol. The summed E-state index contributed by atoms with van der Waals surface area (Å²) in [5, 5.41) is 9.53. The van der Waals surface area contributed by atoms with Crippen molar-refractivity contribution >= 4 is 22.9 Å². The maximum absolute atomic E-state index is 13.1. The highest BCUT2D eigenvalue weighted by Gasteiger charge is 2.43. The topological polar surface area (TPSA) is 105 Å². The number of rotatable bonds is 3. The molecule has 142 valence electrons. The molecular weight excluding hydrogens is 372 g/mol. The zero-order chi connectivity index (χ0) is 19.3. The molecule has 2 aliphatic rings. The van der Waals surface area contributed by atoms with Gasteiger partial charge in [-0.3, -0.25) is 15.2 Å². The fourth-order valence-corrected chi connectivity index (χ4v) is 3.24. The minimum Gasteiger partial charge on any atom is -0.395 e. The van der Waals surface area contributed by atoms with Gasteiger partial charge in [0.2, 0.25) is 5.95 Å². The number of allylic oxidation sites excluding steroid dienone is 3.